The number of hydrogen-bond donors (Lipinski definition) is 1. The summed E-state index contributed by atoms with van der Waals surface area (Å²) in [6.45, 7) is 0.430. The van der Waals surface area contributed by atoms with E-state index >= 15 is 0 Å². The van der Waals surface area contributed by atoms with E-state index < -0.39 is 15.9 Å². The van der Waals surface area contributed by atoms with Crippen LogP contribution in [0.2, 0.25) is 0 Å². The Hall–Kier alpha value is -2.75. The van der Waals surface area contributed by atoms with Gasteiger partial charge < -0.3 is 10.2 Å². The van der Waals surface area contributed by atoms with Crippen LogP contribution in [0, 0.1) is 5.92 Å². The monoisotopic (exact) mass is 471 g/mol. The van der Waals surface area contributed by atoms with Crippen LogP contribution in [0.1, 0.15) is 12.8 Å². The lowest BCUT2D eigenvalue weighted by Crippen LogP contribution is -2.47. The van der Waals surface area contributed by atoms with Gasteiger partial charge in [0.2, 0.25) is 11.8 Å². The minimum absolute atomic E-state index is 0.101. The molecule has 1 aliphatic rings. The first kappa shape index (κ1) is 22.4. The summed E-state index contributed by atoms with van der Waals surface area (Å²) in [5, 5.41) is 6.56. The highest BCUT2D eigenvalue weighted by Gasteiger charge is 2.35. The minimum atomic E-state index is -3.59. The van der Waals surface area contributed by atoms with Crippen LogP contribution >= 0.6 is 11.3 Å². The maximum atomic E-state index is 13.0. The second-order valence-electron chi connectivity index (χ2n) is 7.90. The third-order valence-electron chi connectivity index (χ3n) is 5.64. The molecule has 1 aliphatic heterocycles. The molecular formula is C23H25N3O4S2. The van der Waals surface area contributed by atoms with Crippen molar-refractivity contribution in [2.24, 2.45) is 5.92 Å². The number of carbonyl (C=O) groups excluding carboxylic acids is 2. The number of carbonyl (C=O) groups is 2. The highest BCUT2D eigenvalue weighted by atomic mass is 32.2. The summed E-state index contributed by atoms with van der Waals surface area (Å²) in [7, 11) is -2.01. The van der Waals surface area contributed by atoms with Crippen LogP contribution in [0.15, 0.2) is 64.2 Å². The Bertz CT molecular complexity index is 1220. The molecule has 168 valence electrons. The number of anilines is 1. The topological polar surface area (TPSA) is 86.8 Å². The van der Waals surface area contributed by atoms with Crippen molar-refractivity contribution >= 4 is 49.6 Å². The van der Waals surface area contributed by atoms with Gasteiger partial charge in [-0.25, -0.2) is 8.42 Å². The van der Waals surface area contributed by atoms with Gasteiger partial charge in [-0.05, 0) is 35.7 Å². The van der Waals surface area contributed by atoms with Gasteiger partial charge in [-0.1, -0.05) is 42.5 Å². The molecule has 1 aromatic heterocycles. The molecule has 7 nitrogen and oxygen atoms in total. The van der Waals surface area contributed by atoms with E-state index in [9.17, 15) is 18.0 Å². The van der Waals surface area contributed by atoms with E-state index in [4.69, 9.17) is 0 Å². The van der Waals surface area contributed by atoms with Crippen molar-refractivity contribution in [2.45, 2.75) is 17.1 Å². The summed E-state index contributed by atoms with van der Waals surface area (Å²) < 4.78 is 27.3. The molecule has 1 atom stereocenters. The number of benzene rings is 2. The molecule has 0 unspecified atom stereocenters. The largest absolute Gasteiger partial charge is 0.336 e. The van der Waals surface area contributed by atoms with Crippen molar-refractivity contribution < 1.29 is 18.0 Å². The van der Waals surface area contributed by atoms with Gasteiger partial charge in [-0.15, -0.1) is 11.3 Å². The first-order chi connectivity index (χ1) is 15.4. The predicted octanol–water partition coefficient (Wildman–Crippen LogP) is 3.40. The summed E-state index contributed by atoms with van der Waals surface area (Å²) >= 11 is 1.17. The molecule has 1 saturated heterocycles. The molecule has 1 fully saturated rings. The maximum absolute atomic E-state index is 13.0. The Kier molecular flexibility index (Phi) is 6.59. The standard InChI is InChI=1S/C23H25N3O4S2/c1-25(16-21(27)24-20-11-4-8-17-7-2-3-10-19(17)20)23(28)18-9-5-13-26(15-18)32(29,30)22-12-6-14-31-22/h2-4,6-8,10-12,14,18H,5,9,13,15-16H2,1H3,(H,24,27)/t18-/m1/s1. The number of piperidine rings is 1. The third-order valence-corrected chi connectivity index (χ3v) is 8.88. The maximum Gasteiger partial charge on any atom is 0.252 e. The number of amides is 2. The van der Waals surface area contributed by atoms with Crippen LogP contribution in [0.4, 0.5) is 5.69 Å². The molecule has 0 radical (unpaired) electrons. The highest BCUT2D eigenvalue weighted by Crippen LogP contribution is 2.27. The summed E-state index contributed by atoms with van der Waals surface area (Å²) in [6.07, 6.45) is 1.21. The van der Waals surface area contributed by atoms with Gasteiger partial charge in [0.05, 0.1) is 12.5 Å². The Labute approximate surface area is 191 Å². The number of likely N-dealkylation sites (N-methyl/N-ethyl adjacent to an activating group) is 1. The fourth-order valence-electron chi connectivity index (χ4n) is 4.03. The Balaban J connectivity index is 1.39. The molecule has 2 aromatic carbocycles. The zero-order chi connectivity index (χ0) is 22.7. The second-order valence-corrected chi connectivity index (χ2v) is 11.0. The number of rotatable bonds is 6. The van der Waals surface area contributed by atoms with Gasteiger partial charge in [0, 0.05) is 31.2 Å². The molecule has 2 amide bonds. The Morgan fingerprint density at radius 3 is 2.69 bits per heavy atom. The first-order valence-corrected chi connectivity index (χ1v) is 12.7. The molecule has 9 heteroatoms. The van der Waals surface area contributed by atoms with E-state index in [0.29, 0.717) is 25.1 Å². The molecule has 2 heterocycles. The second kappa shape index (κ2) is 9.40. The number of hydrogen-bond acceptors (Lipinski definition) is 5. The Morgan fingerprint density at radius 1 is 1.12 bits per heavy atom. The molecular weight excluding hydrogens is 446 g/mol. The first-order valence-electron chi connectivity index (χ1n) is 10.4. The van der Waals surface area contributed by atoms with Crippen molar-refractivity contribution in [3.05, 3.63) is 60.0 Å². The smallest absolute Gasteiger partial charge is 0.252 e. The van der Waals surface area contributed by atoms with E-state index in [1.54, 1.807) is 24.6 Å². The number of nitrogens with one attached hydrogen (secondary N) is 1. The highest BCUT2D eigenvalue weighted by molar-refractivity contribution is 7.91. The van der Waals surface area contributed by atoms with Crippen LogP contribution in [-0.2, 0) is 19.6 Å². The van der Waals surface area contributed by atoms with Crippen LogP contribution in [0.3, 0.4) is 0 Å². The van der Waals surface area contributed by atoms with Gasteiger partial charge >= 0.3 is 0 Å². The van der Waals surface area contributed by atoms with E-state index in [1.807, 2.05) is 42.5 Å². The van der Waals surface area contributed by atoms with Gasteiger partial charge in [0.15, 0.2) is 0 Å². The minimum Gasteiger partial charge on any atom is -0.336 e. The van der Waals surface area contributed by atoms with Crippen LogP contribution in [0.5, 0.6) is 0 Å². The molecule has 32 heavy (non-hydrogen) atoms. The average Bonchev–Trinajstić information content (AvgIpc) is 3.35. The quantitative estimate of drug-likeness (QED) is 0.597. The van der Waals surface area contributed by atoms with Crippen molar-refractivity contribution in [3.63, 3.8) is 0 Å². The fourth-order valence-corrected chi connectivity index (χ4v) is 6.70. The van der Waals surface area contributed by atoms with Gasteiger partial charge in [0.25, 0.3) is 10.0 Å². The third kappa shape index (κ3) is 4.69. The molecule has 4 rings (SSSR count). The van der Waals surface area contributed by atoms with Gasteiger partial charge in [-0.2, -0.15) is 4.31 Å². The lowest BCUT2D eigenvalue weighted by Gasteiger charge is -2.32. The number of sulfonamides is 1. The molecule has 0 bridgehead atoms. The van der Waals surface area contributed by atoms with Crippen molar-refractivity contribution in [1.29, 1.82) is 0 Å². The van der Waals surface area contributed by atoms with E-state index in [-0.39, 0.29) is 29.1 Å². The van der Waals surface area contributed by atoms with Gasteiger partial charge in [-0.3, -0.25) is 9.59 Å². The Morgan fingerprint density at radius 2 is 1.91 bits per heavy atom. The predicted molar refractivity (Wildman–Crippen MR) is 126 cm³/mol. The SMILES string of the molecule is CN(CC(=O)Nc1cccc2ccccc12)C(=O)[C@@H]1CCCN(S(=O)(=O)c2cccs2)C1. The molecule has 3 aromatic rings. The van der Waals surface area contributed by atoms with Crippen molar-refractivity contribution in [2.75, 3.05) is 32.0 Å². The van der Waals surface area contributed by atoms with E-state index in [0.717, 1.165) is 10.8 Å². The fraction of sp³-hybridized carbons (Fsp3) is 0.304. The van der Waals surface area contributed by atoms with Crippen LogP contribution < -0.4 is 5.32 Å². The zero-order valence-corrected chi connectivity index (χ0v) is 19.4. The number of fused-ring (bicyclic) bond motifs is 1. The summed E-state index contributed by atoms with van der Waals surface area (Å²) in [5.41, 5.74) is 0.694. The van der Waals surface area contributed by atoms with E-state index in [1.165, 1.54) is 20.5 Å². The molecule has 0 spiro atoms. The van der Waals surface area contributed by atoms with Crippen molar-refractivity contribution in [1.82, 2.24) is 9.21 Å². The normalized spacial score (nSPS) is 17.2. The molecule has 0 saturated carbocycles. The van der Waals surface area contributed by atoms with Crippen LogP contribution in [0.25, 0.3) is 10.8 Å². The number of nitrogens with zero attached hydrogens (tertiary/aromatic N) is 2. The molecule has 1 N–H and O–H groups in total. The summed E-state index contributed by atoms with van der Waals surface area (Å²) in [6, 6.07) is 16.7. The summed E-state index contributed by atoms with van der Waals surface area (Å²) in [5.74, 6) is -0.978. The summed E-state index contributed by atoms with van der Waals surface area (Å²) in [4.78, 5) is 27.0. The number of thiophene rings is 1. The zero-order valence-electron chi connectivity index (χ0n) is 17.7. The van der Waals surface area contributed by atoms with Gasteiger partial charge in [0.1, 0.15) is 4.21 Å². The molecule has 0 aliphatic carbocycles. The van der Waals surface area contributed by atoms with E-state index in [2.05, 4.69) is 5.32 Å². The lowest BCUT2D eigenvalue weighted by atomic mass is 9.98. The average molecular weight is 472 g/mol. The lowest BCUT2D eigenvalue weighted by molar-refractivity contribution is -0.138. The van der Waals surface area contributed by atoms with Crippen LogP contribution in [-0.4, -0.2) is 56.1 Å². The van der Waals surface area contributed by atoms with Crippen molar-refractivity contribution in [3.8, 4) is 0 Å².